The summed E-state index contributed by atoms with van der Waals surface area (Å²) in [6.45, 7) is 4.30. The Morgan fingerprint density at radius 2 is 1.74 bits per heavy atom. The van der Waals surface area contributed by atoms with Gasteiger partial charge in [-0.2, -0.15) is 0 Å². The van der Waals surface area contributed by atoms with Gasteiger partial charge in [-0.1, -0.05) is 55.2 Å². The molecule has 0 aliphatic carbocycles. The molecule has 0 spiro atoms. The average molecular weight is 426 g/mol. The summed E-state index contributed by atoms with van der Waals surface area (Å²) in [6, 6.07) is 13.3. The summed E-state index contributed by atoms with van der Waals surface area (Å²) in [5, 5.41) is 4.41. The van der Waals surface area contributed by atoms with Gasteiger partial charge in [0, 0.05) is 15.8 Å². The molecule has 2 rings (SSSR count). The van der Waals surface area contributed by atoms with E-state index in [1.165, 1.54) is 11.8 Å². The summed E-state index contributed by atoms with van der Waals surface area (Å²) in [5.41, 5.74) is 1.95. The maximum Gasteiger partial charge on any atom is 0.230 e. The Balaban J connectivity index is 1.94. The second-order valence-electron chi connectivity index (χ2n) is 6.72. The summed E-state index contributed by atoms with van der Waals surface area (Å²) in [5.74, 6) is 2.23. The molecule has 27 heavy (non-hydrogen) atoms. The van der Waals surface area contributed by atoms with Crippen molar-refractivity contribution in [3.05, 3.63) is 63.6 Å². The summed E-state index contributed by atoms with van der Waals surface area (Å²) in [6.07, 6.45) is 0.874. The van der Waals surface area contributed by atoms with Gasteiger partial charge in [0.25, 0.3) is 0 Å². The third-order valence-corrected chi connectivity index (χ3v) is 5.77. The van der Waals surface area contributed by atoms with Crippen molar-refractivity contribution in [2.75, 3.05) is 12.9 Å². The molecule has 0 radical (unpaired) electrons. The predicted molar refractivity (Wildman–Crippen MR) is 116 cm³/mol. The summed E-state index contributed by atoms with van der Waals surface area (Å²) >= 11 is 13.9. The second kappa shape index (κ2) is 10.8. The van der Waals surface area contributed by atoms with Crippen LogP contribution in [0, 0.1) is 5.92 Å². The van der Waals surface area contributed by atoms with E-state index in [1.54, 1.807) is 7.11 Å². The first-order valence-electron chi connectivity index (χ1n) is 8.84. The van der Waals surface area contributed by atoms with Crippen LogP contribution in [0.15, 0.2) is 42.5 Å². The zero-order chi connectivity index (χ0) is 19.8. The van der Waals surface area contributed by atoms with Crippen LogP contribution in [0.1, 0.15) is 37.4 Å². The number of hydrogen-bond donors (Lipinski definition) is 1. The van der Waals surface area contributed by atoms with E-state index in [-0.39, 0.29) is 11.9 Å². The second-order valence-corrected chi connectivity index (χ2v) is 8.52. The number of carbonyl (C=O) groups excluding carboxylic acids is 1. The third kappa shape index (κ3) is 6.95. The van der Waals surface area contributed by atoms with Crippen LogP contribution in [-0.4, -0.2) is 18.8 Å². The lowest BCUT2D eigenvalue weighted by molar-refractivity contribution is -0.119. The molecular weight excluding hydrogens is 401 g/mol. The van der Waals surface area contributed by atoms with Crippen molar-refractivity contribution in [1.82, 2.24) is 5.32 Å². The fourth-order valence-corrected chi connectivity index (χ4v) is 4.31. The zero-order valence-corrected chi connectivity index (χ0v) is 18.1. The number of nitrogens with one attached hydrogen (secondary N) is 1. The topological polar surface area (TPSA) is 38.3 Å². The molecule has 1 amide bonds. The minimum Gasteiger partial charge on any atom is -0.497 e. The first kappa shape index (κ1) is 21.9. The van der Waals surface area contributed by atoms with Gasteiger partial charge in [-0.3, -0.25) is 4.79 Å². The van der Waals surface area contributed by atoms with Gasteiger partial charge in [0.15, 0.2) is 0 Å². The van der Waals surface area contributed by atoms with E-state index in [1.807, 2.05) is 42.5 Å². The van der Waals surface area contributed by atoms with Gasteiger partial charge in [0.1, 0.15) is 5.75 Å². The van der Waals surface area contributed by atoms with Crippen molar-refractivity contribution in [3.63, 3.8) is 0 Å². The van der Waals surface area contributed by atoms with Gasteiger partial charge in [-0.15, -0.1) is 11.8 Å². The largest absolute Gasteiger partial charge is 0.497 e. The van der Waals surface area contributed by atoms with E-state index >= 15 is 0 Å². The lowest BCUT2D eigenvalue weighted by atomic mass is 9.97. The van der Waals surface area contributed by atoms with Gasteiger partial charge in [0.05, 0.1) is 18.9 Å². The van der Waals surface area contributed by atoms with Crippen LogP contribution in [0.2, 0.25) is 10.0 Å². The normalized spacial score (nSPS) is 12.1. The van der Waals surface area contributed by atoms with Gasteiger partial charge >= 0.3 is 0 Å². The standard InChI is InChI=1S/C21H25Cl2NO2S/c1-14(2)11-20(15-7-9-16(26-3)10-8-15)24-21(25)13-27-12-17-18(22)5-4-6-19(17)23/h4-10,14,20H,11-13H2,1-3H3,(H,24,25)/t20-/m0/s1. The SMILES string of the molecule is COc1ccc([C@H](CC(C)C)NC(=O)CSCc2c(Cl)cccc2Cl)cc1. The van der Waals surface area contributed by atoms with Crippen LogP contribution >= 0.6 is 35.0 Å². The molecule has 0 heterocycles. The minimum absolute atomic E-state index is 0.00430. The average Bonchev–Trinajstić information content (AvgIpc) is 2.63. The molecule has 1 atom stereocenters. The molecule has 0 aliphatic rings. The van der Waals surface area contributed by atoms with E-state index in [9.17, 15) is 4.79 Å². The van der Waals surface area contributed by atoms with Crippen LogP contribution in [-0.2, 0) is 10.5 Å². The van der Waals surface area contributed by atoms with Crippen molar-refractivity contribution < 1.29 is 9.53 Å². The Labute approximate surface area is 175 Å². The van der Waals surface area contributed by atoms with E-state index in [4.69, 9.17) is 27.9 Å². The summed E-state index contributed by atoms with van der Waals surface area (Å²) < 4.78 is 5.21. The van der Waals surface area contributed by atoms with Crippen LogP contribution in [0.4, 0.5) is 0 Å². The van der Waals surface area contributed by atoms with Crippen molar-refractivity contribution in [1.29, 1.82) is 0 Å². The smallest absolute Gasteiger partial charge is 0.230 e. The Kier molecular flexibility index (Phi) is 8.81. The lowest BCUT2D eigenvalue weighted by Crippen LogP contribution is -2.30. The first-order chi connectivity index (χ1) is 12.9. The van der Waals surface area contributed by atoms with Gasteiger partial charge in [-0.25, -0.2) is 0 Å². The number of rotatable bonds is 9. The molecule has 0 unspecified atom stereocenters. The molecule has 0 saturated heterocycles. The zero-order valence-electron chi connectivity index (χ0n) is 15.8. The highest BCUT2D eigenvalue weighted by Gasteiger charge is 2.17. The lowest BCUT2D eigenvalue weighted by Gasteiger charge is -2.21. The molecular formula is C21H25Cl2NO2S. The van der Waals surface area contributed by atoms with Gasteiger partial charge in [-0.05, 0) is 47.7 Å². The number of thioether (sulfide) groups is 1. The summed E-state index contributed by atoms with van der Waals surface area (Å²) in [7, 11) is 1.64. The number of benzene rings is 2. The predicted octanol–water partition coefficient (Wildman–Crippen LogP) is 6.14. The Morgan fingerprint density at radius 3 is 2.30 bits per heavy atom. The number of ether oxygens (including phenoxy) is 1. The highest BCUT2D eigenvalue weighted by atomic mass is 35.5. The van der Waals surface area contributed by atoms with Crippen LogP contribution in [0.3, 0.4) is 0 Å². The highest BCUT2D eigenvalue weighted by Crippen LogP contribution is 2.28. The van der Waals surface area contributed by atoms with E-state index in [2.05, 4.69) is 19.2 Å². The van der Waals surface area contributed by atoms with Crippen LogP contribution in [0.25, 0.3) is 0 Å². The fraction of sp³-hybridized carbons (Fsp3) is 0.381. The quantitative estimate of drug-likeness (QED) is 0.524. The molecule has 0 bridgehead atoms. The van der Waals surface area contributed by atoms with Gasteiger partial charge in [0.2, 0.25) is 5.91 Å². The molecule has 0 saturated carbocycles. The van der Waals surface area contributed by atoms with E-state index in [0.717, 1.165) is 23.3 Å². The van der Waals surface area contributed by atoms with Crippen molar-refractivity contribution in [3.8, 4) is 5.75 Å². The molecule has 3 nitrogen and oxygen atoms in total. The van der Waals surface area contributed by atoms with Crippen molar-refractivity contribution in [2.45, 2.75) is 32.1 Å². The number of methoxy groups -OCH3 is 1. The fourth-order valence-electron chi connectivity index (χ4n) is 2.74. The van der Waals surface area contributed by atoms with E-state index < -0.39 is 0 Å². The van der Waals surface area contributed by atoms with Crippen molar-refractivity contribution >= 4 is 40.9 Å². The Hall–Kier alpha value is -1.36. The maximum absolute atomic E-state index is 12.5. The Bertz CT molecular complexity index is 730. The maximum atomic E-state index is 12.5. The molecule has 146 valence electrons. The number of halogens is 2. The molecule has 2 aromatic carbocycles. The molecule has 1 N–H and O–H groups in total. The molecule has 2 aromatic rings. The first-order valence-corrected chi connectivity index (χ1v) is 10.8. The summed E-state index contributed by atoms with van der Waals surface area (Å²) in [4.78, 5) is 12.5. The minimum atomic E-state index is -0.0205. The third-order valence-electron chi connectivity index (χ3n) is 4.10. The number of carbonyl (C=O) groups is 1. The number of hydrogen-bond acceptors (Lipinski definition) is 3. The molecule has 6 heteroatoms. The highest BCUT2D eigenvalue weighted by molar-refractivity contribution is 7.99. The molecule has 0 fully saturated rings. The Morgan fingerprint density at radius 1 is 1.11 bits per heavy atom. The number of amides is 1. The van der Waals surface area contributed by atoms with Crippen molar-refractivity contribution in [2.24, 2.45) is 5.92 Å². The van der Waals surface area contributed by atoms with Crippen LogP contribution < -0.4 is 10.1 Å². The van der Waals surface area contributed by atoms with Gasteiger partial charge < -0.3 is 10.1 Å². The molecule has 0 aromatic heterocycles. The molecule has 0 aliphatic heterocycles. The van der Waals surface area contributed by atoms with E-state index in [0.29, 0.717) is 27.5 Å². The monoisotopic (exact) mass is 425 g/mol. The van der Waals surface area contributed by atoms with Crippen LogP contribution in [0.5, 0.6) is 5.75 Å².